The van der Waals surface area contributed by atoms with Gasteiger partial charge < -0.3 is 9.72 Å². The maximum absolute atomic E-state index is 5.35. The number of aromatic nitrogens is 4. The van der Waals surface area contributed by atoms with Crippen LogP contribution in [0.3, 0.4) is 0 Å². The molecule has 1 saturated heterocycles. The predicted octanol–water partition coefficient (Wildman–Crippen LogP) is 2.77. The molecule has 1 fully saturated rings. The van der Waals surface area contributed by atoms with Gasteiger partial charge in [-0.15, -0.1) is 35.0 Å². The van der Waals surface area contributed by atoms with Crippen LogP contribution in [-0.4, -0.2) is 63.7 Å². The Hall–Kier alpha value is -1.12. The number of ether oxygens (including phenoxy) is 1. The Labute approximate surface area is 156 Å². The highest BCUT2D eigenvalue weighted by Gasteiger charge is 2.11. The van der Waals surface area contributed by atoms with Gasteiger partial charge in [-0.1, -0.05) is 30.0 Å². The van der Waals surface area contributed by atoms with Crippen LogP contribution in [0.2, 0.25) is 0 Å². The van der Waals surface area contributed by atoms with Crippen molar-refractivity contribution < 1.29 is 4.74 Å². The Balaban J connectivity index is 0.00000104. The van der Waals surface area contributed by atoms with Gasteiger partial charge in [-0.05, 0) is 6.07 Å². The fourth-order valence-corrected chi connectivity index (χ4v) is 3.44. The molecule has 1 aliphatic rings. The number of benzene rings is 1. The van der Waals surface area contributed by atoms with E-state index < -0.39 is 0 Å². The summed E-state index contributed by atoms with van der Waals surface area (Å²) in [4.78, 5) is 10.3. The first-order valence-electron chi connectivity index (χ1n) is 7.44. The number of aromatic amines is 1. The third-order valence-corrected chi connectivity index (χ3v) is 4.66. The Bertz CT molecular complexity index is 794. The molecule has 0 radical (unpaired) electrons. The van der Waals surface area contributed by atoms with Crippen molar-refractivity contribution in [3.05, 3.63) is 24.3 Å². The SMILES string of the molecule is Cl.Cl.c1ccc2c(c1)[nH]c1nc(SCCN3CCOCC3)nnc12. The fraction of sp³-hybridized carbons (Fsp3) is 0.400. The normalized spacial score (nSPS) is 15.2. The van der Waals surface area contributed by atoms with Crippen molar-refractivity contribution in [3.8, 4) is 0 Å². The Morgan fingerprint density at radius 3 is 2.75 bits per heavy atom. The molecule has 1 aliphatic heterocycles. The number of halogens is 2. The molecule has 9 heteroatoms. The molecule has 0 amide bonds. The molecule has 0 spiro atoms. The molecule has 1 N–H and O–H groups in total. The van der Waals surface area contributed by atoms with Gasteiger partial charge in [0.15, 0.2) is 5.65 Å². The second kappa shape index (κ2) is 8.82. The number of hydrogen-bond donors (Lipinski definition) is 1. The third-order valence-electron chi connectivity index (χ3n) is 3.84. The highest BCUT2D eigenvalue weighted by atomic mass is 35.5. The Morgan fingerprint density at radius 1 is 1.12 bits per heavy atom. The van der Waals surface area contributed by atoms with Gasteiger partial charge in [0.1, 0.15) is 5.52 Å². The van der Waals surface area contributed by atoms with E-state index in [-0.39, 0.29) is 24.8 Å². The Morgan fingerprint density at radius 2 is 1.92 bits per heavy atom. The van der Waals surface area contributed by atoms with Gasteiger partial charge >= 0.3 is 0 Å². The standard InChI is InChI=1S/C15H17N5OS.2ClH/c1-2-4-12-11(3-1)13-14(16-12)17-15(19-18-13)22-10-7-20-5-8-21-9-6-20;;/h1-4H,5-10H2,(H,16,17,19);2*1H. The van der Waals surface area contributed by atoms with Crippen molar-refractivity contribution in [2.75, 3.05) is 38.6 Å². The van der Waals surface area contributed by atoms with E-state index in [0.717, 1.165) is 65.8 Å². The number of morpholine rings is 1. The van der Waals surface area contributed by atoms with Crippen LogP contribution in [0.4, 0.5) is 0 Å². The molecule has 4 rings (SSSR count). The lowest BCUT2D eigenvalue weighted by atomic mass is 10.2. The van der Waals surface area contributed by atoms with E-state index in [1.165, 1.54) is 0 Å². The molecule has 0 aliphatic carbocycles. The summed E-state index contributed by atoms with van der Waals surface area (Å²) < 4.78 is 5.35. The van der Waals surface area contributed by atoms with Crippen LogP contribution < -0.4 is 0 Å². The molecular weight excluding hydrogens is 369 g/mol. The summed E-state index contributed by atoms with van der Waals surface area (Å²) in [6.07, 6.45) is 0. The van der Waals surface area contributed by atoms with Crippen molar-refractivity contribution >= 4 is 58.6 Å². The minimum atomic E-state index is 0. The van der Waals surface area contributed by atoms with Gasteiger partial charge in [-0.3, -0.25) is 4.90 Å². The Kier molecular flexibility index (Phi) is 7.06. The molecule has 6 nitrogen and oxygen atoms in total. The van der Waals surface area contributed by atoms with Crippen LogP contribution in [0.25, 0.3) is 22.1 Å². The number of H-pyrrole nitrogens is 1. The molecule has 2 aromatic heterocycles. The summed E-state index contributed by atoms with van der Waals surface area (Å²) >= 11 is 1.65. The summed E-state index contributed by atoms with van der Waals surface area (Å²) in [5.41, 5.74) is 2.70. The average molecular weight is 388 g/mol. The quantitative estimate of drug-likeness (QED) is 0.694. The number of rotatable bonds is 4. The van der Waals surface area contributed by atoms with Gasteiger partial charge in [-0.2, -0.15) is 0 Å². The number of thioether (sulfide) groups is 1. The zero-order chi connectivity index (χ0) is 14.8. The maximum atomic E-state index is 5.35. The molecule has 0 atom stereocenters. The lowest BCUT2D eigenvalue weighted by Gasteiger charge is -2.26. The summed E-state index contributed by atoms with van der Waals surface area (Å²) in [7, 11) is 0. The van der Waals surface area contributed by atoms with Crippen LogP contribution in [0.15, 0.2) is 29.4 Å². The van der Waals surface area contributed by atoms with Crippen molar-refractivity contribution in [1.82, 2.24) is 25.1 Å². The van der Waals surface area contributed by atoms with Gasteiger partial charge in [0.25, 0.3) is 0 Å². The van der Waals surface area contributed by atoms with Gasteiger partial charge in [0, 0.05) is 36.3 Å². The smallest absolute Gasteiger partial charge is 0.211 e. The van der Waals surface area contributed by atoms with Crippen molar-refractivity contribution in [1.29, 1.82) is 0 Å². The number of nitrogens with zero attached hydrogens (tertiary/aromatic N) is 4. The van der Waals surface area contributed by atoms with E-state index in [9.17, 15) is 0 Å². The molecule has 130 valence electrons. The van der Waals surface area contributed by atoms with Crippen LogP contribution in [-0.2, 0) is 4.74 Å². The van der Waals surface area contributed by atoms with E-state index in [2.05, 4.69) is 25.1 Å². The maximum Gasteiger partial charge on any atom is 0.211 e. The van der Waals surface area contributed by atoms with E-state index in [4.69, 9.17) is 4.74 Å². The van der Waals surface area contributed by atoms with Gasteiger partial charge in [0.05, 0.1) is 13.2 Å². The zero-order valence-corrected chi connectivity index (χ0v) is 15.4. The highest BCUT2D eigenvalue weighted by Crippen LogP contribution is 2.23. The molecule has 24 heavy (non-hydrogen) atoms. The van der Waals surface area contributed by atoms with Crippen molar-refractivity contribution in [3.63, 3.8) is 0 Å². The number of hydrogen-bond acceptors (Lipinski definition) is 6. The first-order chi connectivity index (χ1) is 10.9. The van der Waals surface area contributed by atoms with Gasteiger partial charge in [0.2, 0.25) is 5.16 Å². The number of fused-ring (bicyclic) bond motifs is 3. The lowest BCUT2D eigenvalue weighted by Crippen LogP contribution is -2.37. The minimum Gasteiger partial charge on any atom is -0.379 e. The van der Waals surface area contributed by atoms with Crippen molar-refractivity contribution in [2.45, 2.75) is 5.16 Å². The second-order valence-electron chi connectivity index (χ2n) is 5.26. The lowest BCUT2D eigenvalue weighted by molar-refractivity contribution is 0.0410. The van der Waals surface area contributed by atoms with E-state index >= 15 is 0 Å². The van der Waals surface area contributed by atoms with Gasteiger partial charge in [-0.25, -0.2) is 4.98 Å². The molecule has 3 aromatic rings. The number of para-hydroxylation sites is 1. The average Bonchev–Trinajstić information content (AvgIpc) is 2.93. The molecular formula is C15H19Cl2N5OS. The highest BCUT2D eigenvalue weighted by molar-refractivity contribution is 7.99. The van der Waals surface area contributed by atoms with E-state index in [0.29, 0.717) is 0 Å². The molecule has 0 unspecified atom stereocenters. The fourth-order valence-electron chi connectivity index (χ4n) is 2.66. The van der Waals surface area contributed by atoms with Crippen molar-refractivity contribution in [2.24, 2.45) is 0 Å². The molecule has 0 saturated carbocycles. The largest absolute Gasteiger partial charge is 0.379 e. The topological polar surface area (TPSA) is 66.9 Å². The predicted molar refractivity (Wildman–Crippen MR) is 102 cm³/mol. The van der Waals surface area contributed by atoms with Crippen LogP contribution in [0.1, 0.15) is 0 Å². The van der Waals surface area contributed by atoms with E-state index in [1.807, 2.05) is 24.3 Å². The summed E-state index contributed by atoms with van der Waals surface area (Å²) in [5.74, 6) is 0.966. The molecule has 3 heterocycles. The molecule has 0 bridgehead atoms. The van der Waals surface area contributed by atoms with Crippen LogP contribution in [0, 0.1) is 0 Å². The first kappa shape index (κ1) is 19.2. The monoisotopic (exact) mass is 387 g/mol. The zero-order valence-electron chi connectivity index (χ0n) is 13.0. The summed E-state index contributed by atoms with van der Waals surface area (Å²) in [6.45, 7) is 4.73. The molecule has 1 aromatic carbocycles. The van der Waals surface area contributed by atoms with Crippen LogP contribution in [0.5, 0.6) is 0 Å². The van der Waals surface area contributed by atoms with Crippen LogP contribution >= 0.6 is 36.6 Å². The summed E-state index contributed by atoms with van der Waals surface area (Å²) in [5, 5.41) is 10.4. The second-order valence-corrected chi connectivity index (χ2v) is 6.33. The first-order valence-corrected chi connectivity index (χ1v) is 8.43. The van der Waals surface area contributed by atoms with E-state index in [1.54, 1.807) is 11.8 Å². The summed E-state index contributed by atoms with van der Waals surface area (Å²) in [6, 6.07) is 8.07. The number of nitrogens with one attached hydrogen (secondary N) is 1. The minimum absolute atomic E-state index is 0. The third kappa shape index (κ3) is 4.10.